The minimum Gasteiger partial charge on any atom is -0.465 e. The number of ether oxygens (including phenoxy) is 1. The Labute approximate surface area is 238 Å². The van der Waals surface area contributed by atoms with Crippen LogP contribution in [0.1, 0.15) is 51.9 Å². The molecule has 0 aromatic rings. The van der Waals surface area contributed by atoms with Crippen LogP contribution >= 0.6 is 0 Å². The van der Waals surface area contributed by atoms with E-state index in [1.54, 1.807) is 6.08 Å². The molecule has 0 bridgehead atoms. The number of methoxy groups -OCH3 is 1. The third kappa shape index (κ3) is 6.36. The van der Waals surface area contributed by atoms with E-state index < -0.39 is 80.8 Å². The topological polar surface area (TPSA) is 191 Å². The van der Waals surface area contributed by atoms with Crippen LogP contribution in [-0.4, -0.2) is 103 Å². The summed E-state index contributed by atoms with van der Waals surface area (Å²) in [4.78, 5) is 53.5. The zero-order valence-corrected chi connectivity index (χ0v) is 24.0. The minimum atomic E-state index is -4.35. The van der Waals surface area contributed by atoms with Crippen LogP contribution in [0.25, 0.3) is 0 Å². The Morgan fingerprint density at radius 2 is 1.98 bits per heavy atom. The number of fused-ring (bicyclic) bond motifs is 2. The lowest BCUT2D eigenvalue weighted by atomic mass is 9.87. The van der Waals surface area contributed by atoms with E-state index >= 15 is 0 Å². The number of carboxylic acid groups (broad SMARTS) is 1. The number of allylic oxidation sites excluding steroid dienone is 1. The quantitative estimate of drug-likeness (QED) is 0.251. The van der Waals surface area contributed by atoms with Crippen molar-refractivity contribution in [2.45, 2.75) is 80.3 Å². The van der Waals surface area contributed by atoms with Gasteiger partial charge in [0.1, 0.15) is 29.0 Å². The SMILES string of the molecule is COC[C@@H]1CC(C)CCC=C[C@@H]2C[C@@]2(C(=O)NS(=O)(=O)C2(CF)CC2)NC(=O)[C@@H]2C[C@@H](O)CN2C(=O)[C@H]1NC(=O)O. The van der Waals surface area contributed by atoms with E-state index in [-0.39, 0.29) is 44.8 Å². The molecule has 0 aromatic carbocycles. The maximum Gasteiger partial charge on any atom is 0.405 e. The number of halogens is 1. The number of nitrogens with one attached hydrogen (secondary N) is 3. The normalized spacial score (nSPS) is 35.3. The fraction of sp³-hybridized carbons (Fsp3) is 0.769. The predicted molar refractivity (Wildman–Crippen MR) is 143 cm³/mol. The molecule has 0 aromatic heterocycles. The Bertz CT molecular complexity index is 1190. The van der Waals surface area contributed by atoms with Crippen molar-refractivity contribution in [3.8, 4) is 0 Å². The number of rotatable bonds is 7. The van der Waals surface area contributed by atoms with Gasteiger partial charge in [0, 0.05) is 31.9 Å². The summed E-state index contributed by atoms with van der Waals surface area (Å²) < 4.78 is 44.8. The van der Waals surface area contributed by atoms with Crippen molar-refractivity contribution >= 4 is 33.8 Å². The summed E-state index contributed by atoms with van der Waals surface area (Å²) in [5.74, 6) is -3.54. The van der Waals surface area contributed by atoms with Crippen LogP contribution in [0.15, 0.2) is 12.2 Å². The molecule has 2 heterocycles. The summed E-state index contributed by atoms with van der Waals surface area (Å²) >= 11 is 0. The zero-order valence-electron chi connectivity index (χ0n) is 23.2. The first kappa shape index (κ1) is 31.2. The van der Waals surface area contributed by atoms with E-state index in [0.29, 0.717) is 19.3 Å². The smallest absolute Gasteiger partial charge is 0.405 e. The first-order valence-corrected chi connectivity index (χ1v) is 15.4. The van der Waals surface area contributed by atoms with Crippen molar-refractivity contribution in [1.82, 2.24) is 20.3 Å². The number of aliphatic hydroxyl groups is 1. The first-order valence-electron chi connectivity index (χ1n) is 13.9. The molecule has 3 fully saturated rings. The lowest BCUT2D eigenvalue weighted by molar-refractivity contribution is -0.142. The minimum absolute atomic E-state index is 0.0448. The second-order valence-electron chi connectivity index (χ2n) is 11.9. The van der Waals surface area contributed by atoms with Gasteiger partial charge in [-0.05, 0) is 44.4 Å². The van der Waals surface area contributed by atoms with Crippen molar-refractivity contribution in [2.75, 3.05) is 26.9 Å². The van der Waals surface area contributed by atoms with Gasteiger partial charge in [-0.2, -0.15) is 0 Å². The van der Waals surface area contributed by atoms with Gasteiger partial charge in [-0.25, -0.2) is 17.6 Å². The van der Waals surface area contributed by atoms with E-state index in [1.165, 1.54) is 7.11 Å². The van der Waals surface area contributed by atoms with Crippen molar-refractivity contribution in [3.05, 3.63) is 12.2 Å². The Morgan fingerprint density at radius 3 is 2.59 bits per heavy atom. The van der Waals surface area contributed by atoms with Gasteiger partial charge in [0.15, 0.2) is 0 Å². The molecule has 15 heteroatoms. The van der Waals surface area contributed by atoms with E-state index in [4.69, 9.17) is 4.74 Å². The van der Waals surface area contributed by atoms with Crippen LogP contribution in [0.4, 0.5) is 9.18 Å². The van der Waals surface area contributed by atoms with Crippen molar-refractivity contribution in [1.29, 1.82) is 0 Å². The van der Waals surface area contributed by atoms with Crippen LogP contribution in [0.2, 0.25) is 0 Å². The number of hydrogen-bond acceptors (Lipinski definition) is 8. The largest absolute Gasteiger partial charge is 0.465 e. The second kappa shape index (κ2) is 11.8. The van der Waals surface area contributed by atoms with Crippen molar-refractivity contribution < 1.29 is 46.9 Å². The van der Waals surface area contributed by atoms with Gasteiger partial charge in [0.25, 0.3) is 5.91 Å². The van der Waals surface area contributed by atoms with Gasteiger partial charge in [-0.3, -0.25) is 19.1 Å². The number of amides is 4. The molecule has 1 saturated heterocycles. The number of hydrogen-bond donors (Lipinski definition) is 5. The molecular formula is C26H39FN4O9S. The molecule has 4 amide bonds. The zero-order chi connectivity index (χ0) is 30.2. The summed E-state index contributed by atoms with van der Waals surface area (Å²) in [6.07, 6.45) is 2.86. The Kier molecular flexibility index (Phi) is 9.00. The molecule has 2 aliphatic heterocycles. The highest BCUT2D eigenvalue weighted by Crippen LogP contribution is 2.48. The number of aliphatic hydroxyl groups excluding tert-OH is 1. The van der Waals surface area contributed by atoms with Gasteiger partial charge in [0.05, 0.1) is 12.7 Å². The molecule has 4 aliphatic rings. The number of carbonyl (C=O) groups is 4. The molecule has 0 spiro atoms. The summed E-state index contributed by atoms with van der Waals surface area (Å²) in [7, 11) is -2.90. The number of carbonyl (C=O) groups excluding carboxylic acids is 3. The molecule has 41 heavy (non-hydrogen) atoms. The second-order valence-corrected chi connectivity index (χ2v) is 14.0. The average Bonchev–Trinajstić information content (AvgIpc) is 3.80. The van der Waals surface area contributed by atoms with Gasteiger partial charge in [0.2, 0.25) is 21.8 Å². The van der Waals surface area contributed by atoms with Crippen LogP contribution < -0.4 is 15.4 Å². The standard InChI is InChI=1S/C26H39FN4O9S/c1-15-5-3-4-6-17-11-26(17,23(35)30-41(38,39)25(14-27)7-8-25)29-21(33)19-10-18(32)12-31(19)22(34)20(28-24(36)37)16(9-15)13-40-2/h4,6,15-20,28,32H,3,5,7-14H2,1-2H3,(H,29,33)(H,30,35)(H,36,37)/t15?,16-,17+,18+,19-,20-,26+/m0/s1. The molecule has 2 saturated carbocycles. The monoisotopic (exact) mass is 602 g/mol. The predicted octanol–water partition coefficient (Wildman–Crippen LogP) is 0.0462. The third-order valence-corrected chi connectivity index (χ3v) is 10.9. The van der Waals surface area contributed by atoms with E-state index in [1.807, 2.05) is 17.7 Å². The number of sulfonamides is 1. The van der Waals surface area contributed by atoms with Crippen molar-refractivity contribution in [2.24, 2.45) is 17.8 Å². The number of nitrogens with zero attached hydrogens (tertiary/aromatic N) is 1. The highest BCUT2D eigenvalue weighted by Gasteiger charge is 2.64. The maximum atomic E-state index is 13.8. The van der Waals surface area contributed by atoms with Gasteiger partial charge in [-0.1, -0.05) is 19.1 Å². The van der Waals surface area contributed by atoms with Crippen molar-refractivity contribution in [3.63, 3.8) is 0 Å². The third-order valence-electron chi connectivity index (χ3n) is 8.78. The van der Waals surface area contributed by atoms with Crippen LogP contribution in [0, 0.1) is 17.8 Å². The lowest BCUT2D eigenvalue weighted by Gasteiger charge is -2.33. The Morgan fingerprint density at radius 1 is 1.27 bits per heavy atom. The fourth-order valence-corrected chi connectivity index (χ4v) is 7.43. The van der Waals surface area contributed by atoms with Gasteiger partial charge < -0.3 is 30.5 Å². The highest BCUT2D eigenvalue weighted by atomic mass is 32.2. The Hall–Kier alpha value is -2.78. The maximum absolute atomic E-state index is 13.8. The summed E-state index contributed by atoms with van der Waals surface area (Å²) in [5, 5.41) is 24.8. The van der Waals surface area contributed by atoms with Gasteiger partial charge >= 0.3 is 6.09 Å². The molecule has 4 rings (SSSR count). The van der Waals surface area contributed by atoms with E-state index in [0.717, 1.165) is 4.90 Å². The van der Waals surface area contributed by atoms with Gasteiger partial charge in [-0.15, -0.1) is 0 Å². The van der Waals surface area contributed by atoms with E-state index in [2.05, 4.69) is 10.6 Å². The molecule has 5 N–H and O–H groups in total. The van der Waals surface area contributed by atoms with Crippen LogP contribution in [0.3, 0.4) is 0 Å². The molecule has 13 nitrogen and oxygen atoms in total. The summed E-state index contributed by atoms with van der Waals surface area (Å²) in [6, 6.07) is -2.50. The summed E-state index contributed by atoms with van der Waals surface area (Å²) in [6.45, 7) is 0.663. The van der Waals surface area contributed by atoms with Crippen LogP contribution in [-0.2, 0) is 29.1 Å². The van der Waals surface area contributed by atoms with E-state index in [9.17, 15) is 42.2 Å². The molecule has 7 atom stereocenters. The highest BCUT2D eigenvalue weighted by molar-refractivity contribution is 7.91. The molecular weight excluding hydrogens is 563 g/mol. The average molecular weight is 603 g/mol. The first-order chi connectivity index (χ1) is 19.3. The number of alkyl halides is 1. The molecule has 1 unspecified atom stereocenters. The molecule has 230 valence electrons. The molecule has 0 radical (unpaired) electrons. The Balaban J connectivity index is 1.66. The fourth-order valence-electron chi connectivity index (χ4n) is 6.01. The summed E-state index contributed by atoms with van der Waals surface area (Å²) in [5.41, 5.74) is -1.64. The van der Waals surface area contributed by atoms with Crippen LogP contribution in [0.5, 0.6) is 0 Å². The lowest BCUT2D eigenvalue weighted by Crippen LogP contribution is -2.60. The molecule has 2 aliphatic carbocycles.